The Morgan fingerprint density at radius 2 is 2.27 bits per heavy atom. The summed E-state index contributed by atoms with van der Waals surface area (Å²) in [4.78, 5) is 0. The minimum Gasteiger partial charge on any atom is -0.493 e. The Hall–Kier alpha value is -1.63. The summed E-state index contributed by atoms with van der Waals surface area (Å²) in [5.41, 5.74) is 0.435. The minimum absolute atomic E-state index is 0.000741. The van der Waals surface area contributed by atoms with Crippen molar-refractivity contribution in [2.75, 3.05) is 6.61 Å². The summed E-state index contributed by atoms with van der Waals surface area (Å²) in [5.74, 6) is -0.869. The molecule has 0 aromatic heterocycles. The monoisotopic (exact) mass is 209 g/mol. The zero-order valence-corrected chi connectivity index (χ0v) is 8.02. The maximum atomic E-state index is 13.7. The zero-order valence-electron chi connectivity index (χ0n) is 8.02. The Labute approximate surface area is 86.1 Å². The van der Waals surface area contributed by atoms with E-state index in [4.69, 9.17) is 10.00 Å². The van der Waals surface area contributed by atoms with Crippen LogP contribution in [0, 0.1) is 23.0 Å². The average Bonchev–Trinajstić information content (AvgIpc) is 2.65. The molecule has 2 rings (SSSR count). The number of benzene rings is 1. The molecule has 15 heavy (non-hydrogen) atoms. The first-order valence-electron chi connectivity index (χ1n) is 4.73. The molecule has 0 bridgehead atoms. The first-order chi connectivity index (χ1) is 7.24. The highest BCUT2D eigenvalue weighted by Crippen LogP contribution is 2.32. The van der Waals surface area contributed by atoms with Gasteiger partial charge in [-0.1, -0.05) is 0 Å². The van der Waals surface area contributed by atoms with Gasteiger partial charge in [0.2, 0.25) is 0 Å². The molecule has 4 heteroatoms. The van der Waals surface area contributed by atoms with Crippen LogP contribution in [0.2, 0.25) is 0 Å². The van der Waals surface area contributed by atoms with Gasteiger partial charge in [-0.05, 0) is 6.42 Å². The Kier molecular flexibility index (Phi) is 2.55. The van der Waals surface area contributed by atoms with E-state index in [2.05, 4.69) is 0 Å². The molecule has 0 spiro atoms. The van der Waals surface area contributed by atoms with Crippen LogP contribution in [0.1, 0.15) is 17.5 Å². The maximum absolute atomic E-state index is 13.7. The molecule has 1 aliphatic heterocycles. The predicted molar refractivity (Wildman–Crippen MR) is 49.5 cm³/mol. The van der Waals surface area contributed by atoms with Gasteiger partial charge in [-0.15, -0.1) is 0 Å². The molecular formula is C11H9F2NO. The quantitative estimate of drug-likeness (QED) is 0.749. The summed E-state index contributed by atoms with van der Waals surface area (Å²) < 4.78 is 32.2. The molecule has 0 unspecified atom stereocenters. The van der Waals surface area contributed by atoms with Crippen LogP contribution >= 0.6 is 0 Å². The van der Waals surface area contributed by atoms with E-state index in [-0.39, 0.29) is 18.4 Å². The summed E-state index contributed by atoms with van der Waals surface area (Å²) in [7, 11) is 0. The maximum Gasteiger partial charge on any atom is 0.136 e. The van der Waals surface area contributed by atoms with Crippen LogP contribution in [0.5, 0.6) is 5.75 Å². The topological polar surface area (TPSA) is 33.0 Å². The smallest absolute Gasteiger partial charge is 0.136 e. The van der Waals surface area contributed by atoms with E-state index in [1.165, 1.54) is 6.07 Å². The second-order valence-electron chi connectivity index (χ2n) is 3.38. The lowest BCUT2D eigenvalue weighted by molar-refractivity contribution is 0.355. The molecule has 0 atom stereocenters. The number of nitriles is 1. The van der Waals surface area contributed by atoms with Crippen molar-refractivity contribution in [3.63, 3.8) is 0 Å². The van der Waals surface area contributed by atoms with E-state index in [0.717, 1.165) is 0 Å². The first-order valence-corrected chi connectivity index (χ1v) is 4.73. The lowest BCUT2D eigenvalue weighted by Gasteiger charge is -2.06. The number of hydrogen-bond acceptors (Lipinski definition) is 2. The van der Waals surface area contributed by atoms with Crippen LogP contribution in [0.25, 0.3) is 0 Å². The van der Waals surface area contributed by atoms with E-state index in [9.17, 15) is 8.78 Å². The molecule has 2 nitrogen and oxygen atoms in total. The van der Waals surface area contributed by atoms with Crippen molar-refractivity contribution >= 4 is 0 Å². The van der Waals surface area contributed by atoms with Crippen LogP contribution < -0.4 is 4.74 Å². The third kappa shape index (κ3) is 1.65. The van der Waals surface area contributed by atoms with E-state index in [0.29, 0.717) is 24.3 Å². The summed E-state index contributed by atoms with van der Waals surface area (Å²) >= 11 is 0. The lowest BCUT2D eigenvalue weighted by atomic mass is 10.0. The van der Waals surface area contributed by atoms with Crippen molar-refractivity contribution < 1.29 is 13.5 Å². The molecule has 0 saturated heterocycles. The number of halogens is 2. The second kappa shape index (κ2) is 3.85. The minimum atomic E-state index is -0.622. The second-order valence-corrected chi connectivity index (χ2v) is 3.38. The largest absolute Gasteiger partial charge is 0.493 e. The molecule has 0 fully saturated rings. The van der Waals surface area contributed by atoms with Crippen LogP contribution in [0.4, 0.5) is 8.78 Å². The molecule has 0 aliphatic carbocycles. The molecule has 0 amide bonds. The number of hydrogen-bond donors (Lipinski definition) is 0. The van der Waals surface area contributed by atoms with Gasteiger partial charge in [0.15, 0.2) is 0 Å². The van der Waals surface area contributed by atoms with E-state index < -0.39 is 11.6 Å². The van der Waals surface area contributed by atoms with Crippen LogP contribution in [-0.4, -0.2) is 6.61 Å². The molecule has 1 heterocycles. The molecule has 1 aromatic carbocycles. The zero-order chi connectivity index (χ0) is 10.8. The summed E-state index contributed by atoms with van der Waals surface area (Å²) in [6.07, 6.45) is 0.704. The third-order valence-corrected chi connectivity index (χ3v) is 2.47. The molecule has 0 radical (unpaired) electrons. The van der Waals surface area contributed by atoms with Crippen molar-refractivity contribution in [3.05, 3.63) is 28.8 Å². The van der Waals surface area contributed by atoms with Gasteiger partial charge >= 0.3 is 0 Å². The van der Waals surface area contributed by atoms with E-state index >= 15 is 0 Å². The average molecular weight is 209 g/mol. The van der Waals surface area contributed by atoms with Gasteiger partial charge in [-0.2, -0.15) is 5.26 Å². The van der Waals surface area contributed by atoms with Gasteiger partial charge in [0, 0.05) is 30.0 Å². The van der Waals surface area contributed by atoms with Gasteiger partial charge < -0.3 is 4.74 Å². The molecule has 1 aromatic rings. The fourth-order valence-electron chi connectivity index (χ4n) is 1.72. The molecular weight excluding hydrogens is 200 g/mol. The molecule has 1 aliphatic rings. The van der Waals surface area contributed by atoms with E-state index in [1.807, 2.05) is 6.07 Å². The number of rotatable bonds is 2. The Morgan fingerprint density at radius 3 is 3.00 bits per heavy atom. The fraction of sp³-hybridized carbons (Fsp3) is 0.364. The molecule has 78 valence electrons. The Bertz CT molecular complexity index is 437. The normalized spacial score (nSPS) is 13.1. The van der Waals surface area contributed by atoms with E-state index in [1.54, 1.807) is 0 Å². The molecule has 0 N–H and O–H groups in total. The highest BCUT2D eigenvalue weighted by atomic mass is 19.1. The third-order valence-electron chi connectivity index (χ3n) is 2.47. The van der Waals surface area contributed by atoms with Crippen LogP contribution in [0.3, 0.4) is 0 Å². The highest BCUT2D eigenvalue weighted by Gasteiger charge is 2.22. The van der Waals surface area contributed by atoms with Crippen molar-refractivity contribution in [1.29, 1.82) is 5.26 Å². The van der Waals surface area contributed by atoms with Crippen molar-refractivity contribution in [2.45, 2.75) is 19.3 Å². The highest BCUT2D eigenvalue weighted by molar-refractivity contribution is 5.42. The lowest BCUT2D eigenvalue weighted by Crippen LogP contribution is -1.99. The molecule has 0 saturated carbocycles. The predicted octanol–water partition coefficient (Wildman–Crippen LogP) is 2.36. The first kappa shape index (κ1) is 9.91. The van der Waals surface area contributed by atoms with Gasteiger partial charge in [0.1, 0.15) is 17.4 Å². The van der Waals surface area contributed by atoms with Gasteiger partial charge in [0.25, 0.3) is 0 Å². The summed E-state index contributed by atoms with van der Waals surface area (Å²) in [6, 6.07) is 3.08. The van der Waals surface area contributed by atoms with Gasteiger partial charge in [0.05, 0.1) is 12.7 Å². The van der Waals surface area contributed by atoms with Crippen LogP contribution in [0.15, 0.2) is 6.07 Å². The van der Waals surface area contributed by atoms with Gasteiger partial charge in [-0.3, -0.25) is 0 Å². The number of fused-ring (bicyclic) bond motifs is 1. The van der Waals surface area contributed by atoms with Crippen molar-refractivity contribution in [1.82, 2.24) is 0 Å². The van der Waals surface area contributed by atoms with Crippen molar-refractivity contribution in [3.8, 4) is 11.8 Å². The number of nitrogens with zero attached hydrogens (tertiary/aromatic N) is 1. The van der Waals surface area contributed by atoms with Crippen molar-refractivity contribution in [2.24, 2.45) is 0 Å². The summed E-state index contributed by atoms with van der Waals surface area (Å²) in [6.45, 7) is 0.396. The van der Waals surface area contributed by atoms with Gasteiger partial charge in [-0.25, -0.2) is 8.78 Å². The summed E-state index contributed by atoms with van der Waals surface area (Å²) in [5, 5.41) is 8.38. The Morgan fingerprint density at radius 1 is 1.47 bits per heavy atom. The van der Waals surface area contributed by atoms with Crippen LogP contribution in [-0.2, 0) is 12.8 Å². The number of ether oxygens (including phenoxy) is 1. The fourth-order valence-corrected chi connectivity index (χ4v) is 1.72. The standard InChI is InChI=1S/C11H9F2NO/c12-9-6-10-8(3-5-15-10)11(13)7(9)2-1-4-14/h6H,1-3,5H2. The SMILES string of the molecule is N#CCCc1c(F)cc2c(c1F)CCO2. The Balaban J connectivity index is 2.43.